The van der Waals surface area contributed by atoms with Gasteiger partial charge in [-0.25, -0.2) is 0 Å². The molecule has 27 heavy (non-hydrogen) atoms. The standard InChI is InChI=1S/C27H24/c1-6-12-24-20(8-3)22-17-18(5)15-16-26(22)27(24)23(9-4)19(7-2)21-13-10-11-14-25(21)27/h6-17H,2-4H2,1,5H3/b12-6-. The molecule has 0 amide bonds. The van der Waals surface area contributed by atoms with E-state index in [0.29, 0.717) is 0 Å². The first-order valence-electron chi connectivity index (χ1n) is 9.36. The van der Waals surface area contributed by atoms with Crippen molar-refractivity contribution in [2.75, 3.05) is 0 Å². The Hall–Kier alpha value is -3.12. The van der Waals surface area contributed by atoms with Crippen molar-refractivity contribution in [2.45, 2.75) is 19.3 Å². The molecule has 2 aliphatic carbocycles. The highest BCUT2D eigenvalue weighted by Gasteiger charge is 2.51. The van der Waals surface area contributed by atoms with Crippen molar-refractivity contribution >= 4 is 11.1 Å². The number of rotatable bonds is 4. The molecule has 0 aliphatic heterocycles. The van der Waals surface area contributed by atoms with Gasteiger partial charge in [0.1, 0.15) is 0 Å². The number of fused-ring (bicyclic) bond motifs is 4. The molecule has 0 radical (unpaired) electrons. The third-order valence-electron chi connectivity index (χ3n) is 5.82. The average Bonchev–Trinajstić information content (AvgIpc) is 3.12. The van der Waals surface area contributed by atoms with Crippen LogP contribution in [-0.4, -0.2) is 0 Å². The first-order chi connectivity index (χ1) is 13.1. The summed E-state index contributed by atoms with van der Waals surface area (Å²) in [7, 11) is 0. The fourth-order valence-electron chi connectivity index (χ4n) is 4.90. The van der Waals surface area contributed by atoms with Crippen LogP contribution in [-0.2, 0) is 5.41 Å². The summed E-state index contributed by atoms with van der Waals surface area (Å²) in [5, 5.41) is 0. The molecule has 1 unspecified atom stereocenters. The summed E-state index contributed by atoms with van der Waals surface area (Å²) >= 11 is 0. The van der Waals surface area contributed by atoms with E-state index in [1.54, 1.807) is 0 Å². The maximum Gasteiger partial charge on any atom is 0.0725 e. The summed E-state index contributed by atoms with van der Waals surface area (Å²) in [5.74, 6) is 0. The highest BCUT2D eigenvalue weighted by molar-refractivity contribution is 5.99. The Bertz CT molecular complexity index is 1080. The molecular weight excluding hydrogens is 324 g/mol. The van der Waals surface area contributed by atoms with Gasteiger partial charge >= 0.3 is 0 Å². The second kappa shape index (κ2) is 6.25. The Balaban J connectivity index is 2.26. The van der Waals surface area contributed by atoms with Crippen molar-refractivity contribution in [2.24, 2.45) is 0 Å². The van der Waals surface area contributed by atoms with E-state index in [-0.39, 0.29) is 5.41 Å². The van der Waals surface area contributed by atoms with Crippen molar-refractivity contribution in [1.29, 1.82) is 0 Å². The molecule has 0 aromatic heterocycles. The first-order valence-corrected chi connectivity index (χ1v) is 9.36. The monoisotopic (exact) mass is 348 g/mol. The van der Waals surface area contributed by atoms with Gasteiger partial charge in [-0.3, -0.25) is 0 Å². The number of benzene rings is 2. The third kappa shape index (κ3) is 2.04. The van der Waals surface area contributed by atoms with Crippen LogP contribution in [0.15, 0.2) is 104 Å². The zero-order valence-corrected chi connectivity index (χ0v) is 16.0. The fraction of sp³-hybridized carbons (Fsp3) is 0.111. The molecule has 0 bridgehead atoms. The summed E-state index contributed by atoms with van der Waals surface area (Å²) in [5.41, 5.74) is 10.8. The van der Waals surface area contributed by atoms with Crippen LogP contribution in [0.4, 0.5) is 0 Å². The van der Waals surface area contributed by atoms with Gasteiger partial charge in [0, 0.05) is 0 Å². The van der Waals surface area contributed by atoms with Crippen LogP contribution in [0.25, 0.3) is 11.1 Å². The molecule has 0 fully saturated rings. The minimum Gasteiger partial charge on any atom is -0.0987 e. The number of allylic oxidation sites excluding steroid dienone is 9. The van der Waals surface area contributed by atoms with Gasteiger partial charge in [-0.05, 0) is 58.4 Å². The Kier molecular flexibility index (Phi) is 4.00. The summed E-state index contributed by atoms with van der Waals surface area (Å²) in [4.78, 5) is 0. The molecule has 1 atom stereocenters. The van der Waals surface area contributed by atoms with Crippen molar-refractivity contribution in [3.8, 4) is 0 Å². The van der Waals surface area contributed by atoms with Gasteiger partial charge in [0.15, 0.2) is 0 Å². The summed E-state index contributed by atoms with van der Waals surface area (Å²) in [6.45, 7) is 16.7. The van der Waals surface area contributed by atoms with E-state index in [2.05, 4.69) is 88.2 Å². The third-order valence-corrected chi connectivity index (χ3v) is 5.82. The predicted octanol–water partition coefficient (Wildman–Crippen LogP) is 6.95. The van der Waals surface area contributed by atoms with Gasteiger partial charge in [-0.2, -0.15) is 0 Å². The van der Waals surface area contributed by atoms with E-state index < -0.39 is 0 Å². The van der Waals surface area contributed by atoms with Crippen LogP contribution in [0.3, 0.4) is 0 Å². The van der Waals surface area contributed by atoms with E-state index >= 15 is 0 Å². The Labute approximate surface area is 162 Å². The Morgan fingerprint density at radius 3 is 2.11 bits per heavy atom. The molecular formula is C27H24. The number of aryl methyl sites for hydroxylation is 1. The lowest BCUT2D eigenvalue weighted by Crippen LogP contribution is -2.27. The van der Waals surface area contributed by atoms with Crippen LogP contribution in [0.2, 0.25) is 0 Å². The Morgan fingerprint density at radius 2 is 1.44 bits per heavy atom. The van der Waals surface area contributed by atoms with Crippen LogP contribution in [0.1, 0.15) is 34.7 Å². The average molecular weight is 348 g/mol. The highest BCUT2D eigenvalue weighted by Crippen LogP contribution is 2.61. The largest absolute Gasteiger partial charge is 0.0987 e. The minimum absolute atomic E-state index is 0.360. The van der Waals surface area contributed by atoms with Gasteiger partial charge < -0.3 is 0 Å². The zero-order valence-electron chi connectivity index (χ0n) is 16.0. The van der Waals surface area contributed by atoms with Crippen LogP contribution in [0, 0.1) is 6.92 Å². The molecule has 132 valence electrons. The molecule has 0 N–H and O–H groups in total. The SMILES string of the molecule is C=CC1=C(C=C)C2(C(/C=C\C)=C(C=C)c3cc(C)ccc32)c2ccccc21. The lowest BCUT2D eigenvalue weighted by Gasteiger charge is -2.32. The van der Waals surface area contributed by atoms with Crippen molar-refractivity contribution < 1.29 is 0 Å². The molecule has 0 saturated carbocycles. The van der Waals surface area contributed by atoms with Crippen LogP contribution < -0.4 is 0 Å². The fourth-order valence-corrected chi connectivity index (χ4v) is 4.90. The van der Waals surface area contributed by atoms with Crippen LogP contribution in [0.5, 0.6) is 0 Å². The van der Waals surface area contributed by atoms with E-state index in [9.17, 15) is 0 Å². The lowest BCUT2D eigenvalue weighted by molar-refractivity contribution is 0.778. The molecule has 4 rings (SSSR count). The quantitative estimate of drug-likeness (QED) is 0.561. The topological polar surface area (TPSA) is 0 Å². The first kappa shape index (κ1) is 17.3. The van der Waals surface area contributed by atoms with Gasteiger partial charge in [0.05, 0.1) is 5.41 Å². The number of hydrogen-bond donors (Lipinski definition) is 0. The second-order valence-electron chi connectivity index (χ2n) is 7.11. The molecule has 2 aliphatic rings. The molecule has 0 saturated heterocycles. The molecule has 0 nitrogen and oxygen atoms in total. The van der Waals surface area contributed by atoms with Gasteiger partial charge in [-0.1, -0.05) is 98.1 Å². The van der Waals surface area contributed by atoms with Gasteiger partial charge in [-0.15, -0.1) is 0 Å². The summed E-state index contributed by atoms with van der Waals surface area (Å²) in [6, 6.07) is 15.4. The summed E-state index contributed by atoms with van der Waals surface area (Å²) < 4.78 is 0. The normalized spacial score (nSPS) is 20.4. The highest BCUT2D eigenvalue weighted by atomic mass is 14.5. The van der Waals surface area contributed by atoms with E-state index in [1.165, 1.54) is 50.1 Å². The van der Waals surface area contributed by atoms with Gasteiger partial charge in [0.2, 0.25) is 0 Å². The molecule has 0 heterocycles. The van der Waals surface area contributed by atoms with Crippen LogP contribution >= 0.6 is 0 Å². The molecule has 2 aromatic rings. The zero-order chi connectivity index (χ0) is 19.2. The molecule has 1 spiro atoms. The predicted molar refractivity (Wildman–Crippen MR) is 118 cm³/mol. The minimum atomic E-state index is -0.360. The molecule has 2 aromatic carbocycles. The summed E-state index contributed by atoms with van der Waals surface area (Å²) in [6.07, 6.45) is 10.3. The Morgan fingerprint density at radius 1 is 0.778 bits per heavy atom. The molecule has 0 heteroatoms. The van der Waals surface area contributed by atoms with E-state index in [4.69, 9.17) is 0 Å². The maximum atomic E-state index is 4.20. The van der Waals surface area contributed by atoms with Crippen molar-refractivity contribution in [1.82, 2.24) is 0 Å². The van der Waals surface area contributed by atoms with Crippen molar-refractivity contribution in [3.63, 3.8) is 0 Å². The van der Waals surface area contributed by atoms with Crippen molar-refractivity contribution in [3.05, 3.63) is 132 Å². The number of hydrogen-bond acceptors (Lipinski definition) is 0. The van der Waals surface area contributed by atoms with Gasteiger partial charge in [0.25, 0.3) is 0 Å². The lowest BCUT2D eigenvalue weighted by atomic mass is 9.68. The van der Waals surface area contributed by atoms with E-state index in [1.807, 2.05) is 18.2 Å². The smallest absolute Gasteiger partial charge is 0.0725 e. The van der Waals surface area contributed by atoms with E-state index in [0.717, 1.165) is 0 Å². The maximum absolute atomic E-state index is 4.20. The second-order valence-corrected chi connectivity index (χ2v) is 7.11.